The van der Waals surface area contributed by atoms with Crippen LogP contribution in [0, 0.1) is 13.8 Å². The molecule has 2 aromatic carbocycles. The molecule has 1 amide bonds. The topological polar surface area (TPSA) is 50.2 Å². The maximum Gasteiger partial charge on any atom is 0.270 e. The van der Waals surface area contributed by atoms with Crippen molar-refractivity contribution < 1.29 is 4.79 Å². The van der Waals surface area contributed by atoms with Crippen molar-refractivity contribution in [3.8, 4) is 16.9 Å². The Labute approximate surface area is 172 Å². The monoisotopic (exact) mass is 388 g/mol. The number of hydrogen-bond donors (Lipinski definition) is 1. The summed E-state index contributed by atoms with van der Waals surface area (Å²) in [6.45, 7) is 8.01. The molecule has 4 rings (SSSR count). The fraction of sp³-hybridized carbons (Fsp3) is 0.333. The summed E-state index contributed by atoms with van der Waals surface area (Å²) in [5, 5.41) is 7.85. The lowest BCUT2D eigenvalue weighted by molar-refractivity contribution is 0.0942. The fourth-order valence-corrected chi connectivity index (χ4v) is 3.78. The van der Waals surface area contributed by atoms with E-state index < -0.39 is 0 Å². The average molecular weight is 389 g/mol. The summed E-state index contributed by atoms with van der Waals surface area (Å²) in [4.78, 5) is 15.4. The molecule has 5 nitrogen and oxygen atoms in total. The van der Waals surface area contributed by atoms with Crippen molar-refractivity contribution in [3.63, 3.8) is 0 Å². The van der Waals surface area contributed by atoms with Crippen LogP contribution in [-0.4, -0.2) is 46.8 Å². The summed E-state index contributed by atoms with van der Waals surface area (Å²) in [5.74, 6) is -0.0874. The van der Waals surface area contributed by atoms with Gasteiger partial charge in [-0.3, -0.25) is 4.79 Å². The van der Waals surface area contributed by atoms with Crippen molar-refractivity contribution in [2.24, 2.45) is 0 Å². The first-order valence-corrected chi connectivity index (χ1v) is 10.4. The third-order valence-electron chi connectivity index (χ3n) is 5.66. The summed E-state index contributed by atoms with van der Waals surface area (Å²) < 4.78 is 1.75. The molecule has 1 aliphatic rings. The number of carbonyl (C=O) groups excluding carboxylic acids is 1. The number of amides is 1. The summed E-state index contributed by atoms with van der Waals surface area (Å²) in [7, 11) is 0. The minimum absolute atomic E-state index is 0.0874. The third kappa shape index (κ3) is 4.40. The Balaban J connectivity index is 1.61. The first-order valence-electron chi connectivity index (χ1n) is 10.4. The van der Waals surface area contributed by atoms with Gasteiger partial charge in [0.25, 0.3) is 5.91 Å². The molecule has 2 heterocycles. The molecule has 0 saturated carbocycles. The van der Waals surface area contributed by atoms with Gasteiger partial charge in [-0.15, -0.1) is 0 Å². The molecule has 3 aromatic rings. The molecule has 0 atom stereocenters. The van der Waals surface area contributed by atoms with Gasteiger partial charge in [-0.25, -0.2) is 4.68 Å². The highest BCUT2D eigenvalue weighted by molar-refractivity contribution is 5.94. The molecular weight excluding hydrogens is 360 g/mol. The van der Waals surface area contributed by atoms with Crippen LogP contribution in [0.2, 0.25) is 0 Å². The van der Waals surface area contributed by atoms with E-state index in [1.54, 1.807) is 4.68 Å². The van der Waals surface area contributed by atoms with Crippen LogP contribution in [0.4, 0.5) is 0 Å². The number of carbonyl (C=O) groups is 1. The quantitative estimate of drug-likeness (QED) is 0.695. The largest absolute Gasteiger partial charge is 0.349 e. The second-order valence-corrected chi connectivity index (χ2v) is 7.77. The number of aromatic nitrogens is 2. The maximum atomic E-state index is 13.0. The van der Waals surface area contributed by atoms with Gasteiger partial charge < -0.3 is 10.2 Å². The second-order valence-electron chi connectivity index (χ2n) is 7.77. The molecule has 1 N–H and O–H groups in total. The minimum Gasteiger partial charge on any atom is -0.349 e. The highest BCUT2D eigenvalue weighted by Gasteiger charge is 2.18. The van der Waals surface area contributed by atoms with Crippen molar-refractivity contribution in [3.05, 3.63) is 71.4 Å². The van der Waals surface area contributed by atoms with Crippen LogP contribution >= 0.6 is 0 Å². The molecule has 150 valence electrons. The van der Waals surface area contributed by atoms with Crippen LogP contribution in [0.3, 0.4) is 0 Å². The lowest BCUT2D eigenvalue weighted by atomic mass is 10.0. The van der Waals surface area contributed by atoms with Gasteiger partial charge in [-0.1, -0.05) is 30.3 Å². The minimum atomic E-state index is -0.0874. The molecular formula is C24H28N4O. The molecule has 0 bridgehead atoms. The first kappa shape index (κ1) is 19.4. The average Bonchev–Trinajstić information content (AvgIpc) is 3.41. The van der Waals surface area contributed by atoms with E-state index in [0.717, 1.165) is 36.6 Å². The second kappa shape index (κ2) is 8.62. The Morgan fingerprint density at radius 2 is 1.76 bits per heavy atom. The van der Waals surface area contributed by atoms with Gasteiger partial charge >= 0.3 is 0 Å². The van der Waals surface area contributed by atoms with Gasteiger partial charge in [0.15, 0.2) is 0 Å². The maximum absolute atomic E-state index is 13.0. The molecule has 0 spiro atoms. The Kier molecular flexibility index (Phi) is 5.76. The number of benzene rings is 2. The zero-order valence-corrected chi connectivity index (χ0v) is 17.2. The molecule has 0 unspecified atom stereocenters. The van der Waals surface area contributed by atoms with E-state index in [4.69, 9.17) is 5.10 Å². The number of aryl methyl sites for hydroxylation is 2. The summed E-state index contributed by atoms with van der Waals surface area (Å²) in [5.41, 5.74) is 5.73. The standard InChI is InChI=1S/C24H28N4O/c1-18-10-11-20(16-19(18)2)22-17-23(28(26-22)21-8-4-3-5-9-21)24(29)25-12-15-27-13-6-7-14-27/h3-5,8-11,16-17H,6-7,12-15H2,1-2H3,(H,25,29). The molecule has 5 heteroatoms. The van der Waals surface area contributed by atoms with Crippen LogP contribution in [0.15, 0.2) is 54.6 Å². The Hall–Kier alpha value is -2.92. The number of para-hydroxylation sites is 1. The zero-order chi connectivity index (χ0) is 20.2. The highest BCUT2D eigenvalue weighted by atomic mass is 16.2. The van der Waals surface area contributed by atoms with Crippen LogP contribution < -0.4 is 5.32 Å². The first-order chi connectivity index (χ1) is 14.1. The van der Waals surface area contributed by atoms with Gasteiger partial charge in [0, 0.05) is 18.7 Å². The number of nitrogens with one attached hydrogen (secondary N) is 1. The Morgan fingerprint density at radius 1 is 1.00 bits per heavy atom. The number of nitrogens with zero attached hydrogens (tertiary/aromatic N) is 3. The predicted octanol–water partition coefficient (Wildman–Crippen LogP) is 3.98. The number of hydrogen-bond acceptors (Lipinski definition) is 3. The normalized spacial score (nSPS) is 14.3. The number of likely N-dealkylation sites (tertiary alicyclic amines) is 1. The van der Waals surface area contributed by atoms with Gasteiger partial charge in [0.05, 0.1) is 11.4 Å². The summed E-state index contributed by atoms with van der Waals surface area (Å²) in [6, 6.07) is 18.0. The molecule has 1 fully saturated rings. The molecule has 1 aliphatic heterocycles. The molecule has 1 aromatic heterocycles. The van der Waals surface area contributed by atoms with Crippen LogP contribution in [0.1, 0.15) is 34.5 Å². The van der Waals surface area contributed by atoms with Crippen molar-refractivity contribution in [1.82, 2.24) is 20.0 Å². The highest BCUT2D eigenvalue weighted by Crippen LogP contribution is 2.24. The van der Waals surface area contributed by atoms with Crippen molar-refractivity contribution >= 4 is 5.91 Å². The van der Waals surface area contributed by atoms with Gasteiger partial charge in [-0.05, 0) is 75.2 Å². The van der Waals surface area contributed by atoms with Gasteiger partial charge in [-0.2, -0.15) is 5.10 Å². The van der Waals surface area contributed by atoms with E-state index >= 15 is 0 Å². The molecule has 0 aliphatic carbocycles. The van der Waals surface area contributed by atoms with Crippen molar-refractivity contribution in [1.29, 1.82) is 0 Å². The van der Waals surface area contributed by atoms with Crippen molar-refractivity contribution in [2.45, 2.75) is 26.7 Å². The van der Waals surface area contributed by atoms with E-state index in [1.807, 2.05) is 36.4 Å². The van der Waals surface area contributed by atoms with Crippen molar-refractivity contribution in [2.75, 3.05) is 26.2 Å². The van der Waals surface area contributed by atoms with Crippen LogP contribution in [0.5, 0.6) is 0 Å². The SMILES string of the molecule is Cc1ccc(-c2cc(C(=O)NCCN3CCCC3)n(-c3ccccc3)n2)cc1C. The summed E-state index contributed by atoms with van der Waals surface area (Å²) in [6.07, 6.45) is 2.52. The molecule has 29 heavy (non-hydrogen) atoms. The van der Waals surface area contributed by atoms with Gasteiger partial charge in [0.1, 0.15) is 5.69 Å². The Bertz CT molecular complexity index is 987. The lowest BCUT2D eigenvalue weighted by Gasteiger charge is -2.15. The predicted molar refractivity (Wildman–Crippen MR) is 116 cm³/mol. The molecule has 1 saturated heterocycles. The lowest BCUT2D eigenvalue weighted by Crippen LogP contribution is -2.34. The third-order valence-corrected chi connectivity index (χ3v) is 5.66. The fourth-order valence-electron chi connectivity index (χ4n) is 3.78. The Morgan fingerprint density at radius 3 is 2.48 bits per heavy atom. The van der Waals surface area contributed by atoms with E-state index in [1.165, 1.54) is 24.0 Å². The number of rotatable bonds is 6. The van der Waals surface area contributed by atoms with E-state index in [-0.39, 0.29) is 5.91 Å². The van der Waals surface area contributed by atoms with E-state index in [9.17, 15) is 4.79 Å². The van der Waals surface area contributed by atoms with Crippen LogP contribution in [0.25, 0.3) is 16.9 Å². The van der Waals surface area contributed by atoms with E-state index in [0.29, 0.717) is 12.2 Å². The van der Waals surface area contributed by atoms with E-state index in [2.05, 4.69) is 42.3 Å². The zero-order valence-electron chi connectivity index (χ0n) is 17.2. The molecule has 0 radical (unpaired) electrons. The van der Waals surface area contributed by atoms with Gasteiger partial charge in [0.2, 0.25) is 0 Å². The smallest absolute Gasteiger partial charge is 0.270 e. The summed E-state index contributed by atoms with van der Waals surface area (Å²) >= 11 is 0. The van der Waals surface area contributed by atoms with Crippen LogP contribution in [-0.2, 0) is 0 Å².